The van der Waals surface area contributed by atoms with E-state index in [4.69, 9.17) is 9.72 Å². The Balaban J connectivity index is 1.46. The van der Waals surface area contributed by atoms with Gasteiger partial charge in [-0.3, -0.25) is 4.79 Å². The molecule has 1 aliphatic heterocycles. The molecule has 164 valence electrons. The van der Waals surface area contributed by atoms with Crippen LogP contribution in [0.2, 0.25) is 0 Å². The van der Waals surface area contributed by atoms with Crippen molar-refractivity contribution in [3.63, 3.8) is 0 Å². The number of hydrogen-bond acceptors (Lipinski definition) is 5. The van der Waals surface area contributed by atoms with E-state index >= 15 is 0 Å². The largest absolute Gasteiger partial charge is 0.452 e. The summed E-state index contributed by atoms with van der Waals surface area (Å²) < 4.78 is 5.59. The van der Waals surface area contributed by atoms with Crippen LogP contribution < -0.4 is 0 Å². The molecule has 1 fully saturated rings. The maximum Gasteiger partial charge on any atom is 0.339 e. The van der Waals surface area contributed by atoms with Gasteiger partial charge >= 0.3 is 5.97 Å². The number of esters is 1. The van der Waals surface area contributed by atoms with Gasteiger partial charge in [-0.05, 0) is 73.8 Å². The summed E-state index contributed by atoms with van der Waals surface area (Å²) in [5.74, 6) is -0.547. The Bertz CT molecular complexity index is 1200. The minimum Gasteiger partial charge on any atom is -0.452 e. The number of likely N-dealkylation sites (tertiary alicyclic amines) is 1. The van der Waals surface area contributed by atoms with Gasteiger partial charge in [0.25, 0.3) is 5.91 Å². The minimum absolute atomic E-state index is 0.112. The second-order valence-corrected chi connectivity index (χ2v) is 9.50. The molecule has 2 aromatic heterocycles. The van der Waals surface area contributed by atoms with Crippen molar-refractivity contribution in [2.24, 2.45) is 0 Å². The summed E-state index contributed by atoms with van der Waals surface area (Å²) in [6.45, 7) is 2.58. The predicted octanol–water partition coefficient (Wildman–Crippen LogP) is 5.34. The first-order valence-corrected chi connectivity index (χ1v) is 12.1. The molecule has 3 aromatic rings. The minimum atomic E-state index is -0.435. The third-order valence-corrected chi connectivity index (χ3v) is 7.27. The SMILES string of the molecule is CC1CCCCN1C(=O)COC(=O)c1c2c(nc3ccccc13)C(=Cc1cccs1)CC2. The molecule has 5 nitrogen and oxygen atoms in total. The molecule has 1 unspecified atom stereocenters. The Kier molecular flexibility index (Phi) is 5.79. The van der Waals surface area contributed by atoms with Crippen LogP contribution in [0, 0.1) is 0 Å². The van der Waals surface area contributed by atoms with Crippen molar-refractivity contribution in [2.45, 2.75) is 45.1 Å². The number of piperidine rings is 1. The van der Waals surface area contributed by atoms with E-state index < -0.39 is 5.97 Å². The lowest BCUT2D eigenvalue weighted by Crippen LogP contribution is -2.44. The molecule has 1 saturated heterocycles. The van der Waals surface area contributed by atoms with Crippen molar-refractivity contribution in [3.05, 3.63) is 63.5 Å². The number of thiophene rings is 1. The molecular formula is C26H26N2O3S. The van der Waals surface area contributed by atoms with Crippen molar-refractivity contribution in [1.82, 2.24) is 9.88 Å². The number of aromatic nitrogens is 1. The molecule has 0 spiro atoms. The first-order valence-electron chi connectivity index (χ1n) is 11.2. The van der Waals surface area contributed by atoms with Gasteiger partial charge in [0, 0.05) is 22.8 Å². The monoisotopic (exact) mass is 446 g/mol. The zero-order chi connectivity index (χ0) is 22.1. The van der Waals surface area contributed by atoms with E-state index in [2.05, 4.69) is 24.4 Å². The molecule has 0 radical (unpaired) electrons. The zero-order valence-electron chi connectivity index (χ0n) is 18.2. The molecule has 1 amide bonds. The molecule has 1 aromatic carbocycles. The molecule has 3 heterocycles. The Labute approximate surface area is 191 Å². The predicted molar refractivity (Wildman–Crippen MR) is 128 cm³/mol. The van der Waals surface area contributed by atoms with Crippen LogP contribution in [0.3, 0.4) is 0 Å². The Morgan fingerprint density at radius 3 is 2.88 bits per heavy atom. The molecule has 0 saturated carbocycles. The standard InChI is InChI=1S/C26H26N2O3S/c1-17-7-4-5-13-28(17)23(29)16-31-26(30)24-20-9-2-3-10-22(20)27-25-18(11-12-21(24)25)15-19-8-6-14-32-19/h2-3,6,8-10,14-15,17H,4-5,7,11-13,16H2,1H3. The molecular weight excluding hydrogens is 420 g/mol. The quantitative estimate of drug-likeness (QED) is 0.508. The van der Waals surface area contributed by atoms with Crippen LogP contribution in [0.15, 0.2) is 41.8 Å². The van der Waals surface area contributed by atoms with Crippen molar-refractivity contribution < 1.29 is 14.3 Å². The number of pyridine rings is 1. The molecule has 1 atom stereocenters. The number of carbonyl (C=O) groups is 2. The topological polar surface area (TPSA) is 59.5 Å². The second kappa shape index (κ2) is 8.87. The van der Waals surface area contributed by atoms with E-state index in [0.717, 1.165) is 66.4 Å². The van der Waals surface area contributed by atoms with Gasteiger partial charge < -0.3 is 9.64 Å². The Morgan fingerprint density at radius 2 is 2.06 bits per heavy atom. The Hall–Kier alpha value is -2.99. The van der Waals surface area contributed by atoms with Gasteiger partial charge in [-0.25, -0.2) is 9.78 Å². The third kappa shape index (κ3) is 3.95. The molecule has 6 heteroatoms. The highest BCUT2D eigenvalue weighted by Gasteiger charge is 2.29. The van der Waals surface area contributed by atoms with Crippen LogP contribution in [-0.4, -0.2) is 41.0 Å². The number of benzene rings is 1. The second-order valence-electron chi connectivity index (χ2n) is 8.52. The molecule has 2 aliphatic rings. The van der Waals surface area contributed by atoms with Gasteiger partial charge in [-0.1, -0.05) is 24.3 Å². The van der Waals surface area contributed by atoms with E-state index in [1.807, 2.05) is 35.2 Å². The van der Waals surface area contributed by atoms with E-state index in [-0.39, 0.29) is 18.6 Å². The molecule has 1 aliphatic carbocycles. The molecule has 5 rings (SSSR count). The fourth-order valence-corrected chi connectivity index (χ4v) is 5.49. The summed E-state index contributed by atoms with van der Waals surface area (Å²) in [5.41, 5.74) is 4.27. The smallest absolute Gasteiger partial charge is 0.339 e. The number of allylic oxidation sites excluding steroid dienone is 1. The summed E-state index contributed by atoms with van der Waals surface area (Å²) in [6, 6.07) is 12.0. The average molecular weight is 447 g/mol. The number of ether oxygens (including phenoxy) is 1. The fraction of sp³-hybridized carbons (Fsp3) is 0.346. The summed E-state index contributed by atoms with van der Waals surface area (Å²) in [7, 11) is 0. The van der Waals surface area contributed by atoms with Gasteiger partial charge in [0.15, 0.2) is 6.61 Å². The number of nitrogens with zero attached hydrogens (tertiary/aromatic N) is 2. The molecule has 32 heavy (non-hydrogen) atoms. The first kappa shape index (κ1) is 20.9. The van der Waals surface area contributed by atoms with Crippen LogP contribution in [0.5, 0.6) is 0 Å². The van der Waals surface area contributed by atoms with Crippen molar-refractivity contribution >= 4 is 45.8 Å². The number of fused-ring (bicyclic) bond motifs is 2. The maximum atomic E-state index is 13.3. The summed E-state index contributed by atoms with van der Waals surface area (Å²) in [6.07, 6.45) is 6.89. The molecule has 0 N–H and O–H groups in total. The Morgan fingerprint density at radius 1 is 1.19 bits per heavy atom. The highest BCUT2D eigenvalue weighted by molar-refractivity contribution is 7.10. The fourth-order valence-electron chi connectivity index (χ4n) is 4.81. The van der Waals surface area contributed by atoms with Crippen LogP contribution in [0.25, 0.3) is 22.6 Å². The lowest BCUT2D eigenvalue weighted by molar-refractivity contribution is -0.137. The normalized spacial score (nSPS) is 19.3. The number of carbonyl (C=O) groups excluding carboxylic acids is 2. The third-order valence-electron chi connectivity index (χ3n) is 6.46. The van der Waals surface area contributed by atoms with Gasteiger partial charge in [0.1, 0.15) is 0 Å². The van der Waals surface area contributed by atoms with Crippen LogP contribution in [0.4, 0.5) is 0 Å². The zero-order valence-corrected chi connectivity index (χ0v) is 19.0. The van der Waals surface area contributed by atoms with Crippen LogP contribution >= 0.6 is 11.3 Å². The highest BCUT2D eigenvalue weighted by atomic mass is 32.1. The van der Waals surface area contributed by atoms with Crippen molar-refractivity contribution in [1.29, 1.82) is 0 Å². The number of para-hydroxylation sites is 1. The lowest BCUT2D eigenvalue weighted by Gasteiger charge is -2.33. The maximum absolute atomic E-state index is 13.3. The summed E-state index contributed by atoms with van der Waals surface area (Å²) in [4.78, 5) is 33.9. The van der Waals surface area contributed by atoms with Crippen LogP contribution in [0.1, 0.15) is 59.1 Å². The first-order chi connectivity index (χ1) is 15.6. The van der Waals surface area contributed by atoms with Gasteiger partial charge in [-0.2, -0.15) is 0 Å². The van der Waals surface area contributed by atoms with E-state index in [1.54, 1.807) is 11.3 Å². The highest BCUT2D eigenvalue weighted by Crippen LogP contribution is 2.38. The lowest BCUT2D eigenvalue weighted by atomic mass is 10.0. The van der Waals surface area contributed by atoms with Gasteiger partial charge in [-0.15, -0.1) is 11.3 Å². The molecule has 0 bridgehead atoms. The van der Waals surface area contributed by atoms with Gasteiger partial charge in [0.2, 0.25) is 0 Å². The van der Waals surface area contributed by atoms with Crippen molar-refractivity contribution in [3.8, 4) is 0 Å². The summed E-state index contributed by atoms with van der Waals surface area (Å²) in [5, 5.41) is 2.84. The van der Waals surface area contributed by atoms with E-state index in [9.17, 15) is 9.59 Å². The number of hydrogen-bond donors (Lipinski definition) is 0. The van der Waals surface area contributed by atoms with E-state index in [1.165, 1.54) is 4.88 Å². The van der Waals surface area contributed by atoms with Gasteiger partial charge in [0.05, 0.1) is 16.8 Å². The number of rotatable bonds is 4. The van der Waals surface area contributed by atoms with Crippen molar-refractivity contribution in [2.75, 3.05) is 13.2 Å². The summed E-state index contributed by atoms with van der Waals surface area (Å²) >= 11 is 1.69. The number of amides is 1. The van der Waals surface area contributed by atoms with E-state index in [0.29, 0.717) is 5.56 Å². The van der Waals surface area contributed by atoms with Crippen LogP contribution in [-0.2, 0) is 16.0 Å². The average Bonchev–Trinajstić information content (AvgIpc) is 3.46.